The number of rotatable bonds is 6. The highest BCUT2D eigenvalue weighted by molar-refractivity contribution is 7.89. The summed E-state index contributed by atoms with van der Waals surface area (Å²) in [6.07, 6.45) is 7.75. The predicted octanol–water partition coefficient (Wildman–Crippen LogP) is 2.58. The van der Waals surface area contributed by atoms with Gasteiger partial charge in [0.2, 0.25) is 15.9 Å². The van der Waals surface area contributed by atoms with E-state index in [4.69, 9.17) is 14.7 Å². The number of nitrogens with zero attached hydrogens (tertiary/aromatic N) is 6. The molecule has 0 unspecified atom stereocenters. The number of sulfonamides is 1. The van der Waals surface area contributed by atoms with Crippen LogP contribution < -0.4 is 14.5 Å². The van der Waals surface area contributed by atoms with Crippen LogP contribution in [0, 0.1) is 5.92 Å². The van der Waals surface area contributed by atoms with E-state index < -0.39 is 15.9 Å². The van der Waals surface area contributed by atoms with Gasteiger partial charge in [-0.1, -0.05) is 24.3 Å². The van der Waals surface area contributed by atoms with Crippen LogP contribution in [0.3, 0.4) is 0 Å². The third kappa shape index (κ3) is 5.50. The van der Waals surface area contributed by atoms with E-state index in [0.717, 1.165) is 58.8 Å². The molecular formula is C28H31N7O4S. The fraction of sp³-hybridized carbons (Fsp3) is 0.357. The molecule has 0 atom stereocenters. The number of carbonyl (C=O) groups excluding carboxylic acids is 1. The molecule has 40 heavy (non-hydrogen) atoms. The first-order valence-corrected chi connectivity index (χ1v) is 15.3. The molecule has 4 aromatic rings. The second-order valence-corrected chi connectivity index (χ2v) is 11.9. The molecule has 5 heterocycles. The number of para-hydroxylation sites is 1. The SMILES string of the molecule is CS(=O)(=O)NC(=O)C1CCN(c2c(/C=C/c3ccc4ccccc4n3)nc3c(N4CCOCC4)ccnn23)CC1. The topological polar surface area (TPSA) is 122 Å². The zero-order valence-corrected chi connectivity index (χ0v) is 23.0. The van der Waals surface area contributed by atoms with E-state index in [0.29, 0.717) is 39.1 Å². The molecule has 0 saturated carbocycles. The van der Waals surface area contributed by atoms with Gasteiger partial charge in [-0.05, 0) is 43.2 Å². The number of amides is 1. The van der Waals surface area contributed by atoms with Crippen LogP contribution in [0.25, 0.3) is 28.7 Å². The Labute approximate surface area is 232 Å². The number of benzene rings is 1. The number of hydrogen-bond acceptors (Lipinski definition) is 9. The third-order valence-electron chi connectivity index (χ3n) is 7.34. The quantitative estimate of drug-likeness (QED) is 0.378. The van der Waals surface area contributed by atoms with Gasteiger partial charge in [-0.15, -0.1) is 0 Å². The Bertz CT molecular complexity index is 1690. The van der Waals surface area contributed by atoms with Crippen molar-refractivity contribution in [2.75, 3.05) is 55.4 Å². The molecule has 1 aromatic carbocycles. The van der Waals surface area contributed by atoms with E-state index in [9.17, 15) is 13.2 Å². The van der Waals surface area contributed by atoms with Crippen molar-refractivity contribution in [3.8, 4) is 0 Å². The molecule has 2 fully saturated rings. The number of nitrogens with one attached hydrogen (secondary N) is 1. The summed E-state index contributed by atoms with van der Waals surface area (Å²) in [5.74, 6) is 0.0162. The molecule has 1 amide bonds. The Morgan fingerprint density at radius 1 is 0.975 bits per heavy atom. The highest BCUT2D eigenvalue weighted by Gasteiger charge is 2.30. The Hall–Kier alpha value is -4.03. The molecule has 12 heteroatoms. The fourth-order valence-corrected chi connectivity index (χ4v) is 5.89. The largest absolute Gasteiger partial charge is 0.378 e. The normalized spacial score (nSPS) is 17.2. The van der Waals surface area contributed by atoms with Crippen molar-refractivity contribution in [2.45, 2.75) is 12.8 Å². The van der Waals surface area contributed by atoms with Crippen LogP contribution in [0.5, 0.6) is 0 Å². The molecule has 208 valence electrons. The van der Waals surface area contributed by atoms with Gasteiger partial charge < -0.3 is 14.5 Å². The average molecular weight is 562 g/mol. The van der Waals surface area contributed by atoms with Gasteiger partial charge in [0, 0.05) is 37.5 Å². The lowest BCUT2D eigenvalue weighted by Gasteiger charge is -2.32. The van der Waals surface area contributed by atoms with Crippen LogP contribution in [0.1, 0.15) is 24.2 Å². The molecule has 2 aliphatic heterocycles. The van der Waals surface area contributed by atoms with Crippen LogP contribution in [0.15, 0.2) is 48.7 Å². The number of hydrogen-bond donors (Lipinski definition) is 1. The standard InChI is InChI=1S/C28H31N7O4S/c1-40(37,38)32-27(36)21-11-14-34(15-12-21)28-24(9-8-22-7-6-20-4-2-3-5-23(20)30-22)31-26-25(10-13-29-35(26)28)33-16-18-39-19-17-33/h2-10,13,21H,11-12,14-19H2,1H3,(H,32,36)/b9-8+. The molecule has 11 nitrogen and oxygen atoms in total. The zero-order chi connectivity index (χ0) is 27.7. The second-order valence-electron chi connectivity index (χ2n) is 10.1. The number of fused-ring (bicyclic) bond motifs is 2. The molecule has 6 rings (SSSR count). The number of imidazole rings is 1. The first-order chi connectivity index (χ1) is 19.4. The number of aromatic nitrogens is 4. The molecule has 2 saturated heterocycles. The number of anilines is 2. The summed E-state index contributed by atoms with van der Waals surface area (Å²) in [6.45, 7) is 3.99. The lowest BCUT2D eigenvalue weighted by Crippen LogP contribution is -2.42. The maximum Gasteiger partial charge on any atom is 0.236 e. The molecule has 3 aromatic heterocycles. The number of pyridine rings is 1. The average Bonchev–Trinajstić information content (AvgIpc) is 3.34. The van der Waals surface area contributed by atoms with E-state index in [1.807, 2.05) is 53.1 Å². The van der Waals surface area contributed by atoms with Crippen molar-refractivity contribution in [1.82, 2.24) is 24.3 Å². The van der Waals surface area contributed by atoms with Crippen molar-refractivity contribution >= 4 is 56.1 Å². The summed E-state index contributed by atoms with van der Waals surface area (Å²) >= 11 is 0. The smallest absolute Gasteiger partial charge is 0.236 e. The zero-order valence-electron chi connectivity index (χ0n) is 22.2. The maximum absolute atomic E-state index is 12.5. The third-order valence-corrected chi connectivity index (χ3v) is 7.91. The monoisotopic (exact) mass is 561 g/mol. The van der Waals surface area contributed by atoms with Crippen LogP contribution in [-0.2, 0) is 19.6 Å². The molecule has 2 aliphatic rings. The summed E-state index contributed by atoms with van der Waals surface area (Å²) in [4.78, 5) is 26.7. The van der Waals surface area contributed by atoms with Crippen molar-refractivity contribution in [3.63, 3.8) is 0 Å². The number of ether oxygens (including phenoxy) is 1. The van der Waals surface area contributed by atoms with Crippen molar-refractivity contribution in [2.24, 2.45) is 5.92 Å². The van der Waals surface area contributed by atoms with Crippen LogP contribution in [-0.4, -0.2) is 79.6 Å². The summed E-state index contributed by atoms with van der Waals surface area (Å²) in [6, 6.07) is 14.0. The molecule has 0 aliphatic carbocycles. The predicted molar refractivity (Wildman–Crippen MR) is 155 cm³/mol. The molecule has 0 radical (unpaired) electrons. The maximum atomic E-state index is 12.5. The summed E-state index contributed by atoms with van der Waals surface area (Å²) in [5, 5.41) is 5.76. The van der Waals surface area contributed by atoms with E-state index in [-0.39, 0.29) is 5.92 Å². The van der Waals surface area contributed by atoms with Gasteiger partial charge in [0.1, 0.15) is 5.69 Å². The molecule has 0 spiro atoms. The number of morpholine rings is 1. The molecule has 0 bridgehead atoms. The summed E-state index contributed by atoms with van der Waals surface area (Å²) in [7, 11) is -3.59. The Balaban J connectivity index is 1.35. The van der Waals surface area contributed by atoms with Crippen molar-refractivity contribution in [3.05, 3.63) is 60.0 Å². The Morgan fingerprint density at radius 2 is 1.75 bits per heavy atom. The minimum atomic E-state index is -3.59. The van der Waals surface area contributed by atoms with E-state index in [2.05, 4.69) is 25.7 Å². The van der Waals surface area contributed by atoms with Gasteiger partial charge in [-0.3, -0.25) is 9.52 Å². The van der Waals surface area contributed by atoms with Crippen LogP contribution >= 0.6 is 0 Å². The number of carbonyl (C=O) groups is 1. The van der Waals surface area contributed by atoms with Gasteiger partial charge in [-0.25, -0.2) is 18.4 Å². The van der Waals surface area contributed by atoms with Gasteiger partial charge >= 0.3 is 0 Å². The minimum absolute atomic E-state index is 0.372. The Kier molecular flexibility index (Phi) is 7.11. The van der Waals surface area contributed by atoms with Crippen molar-refractivity contribution < 1.29 is 17.9 Å². The fourth-order valence-electron chi connectivity index (χ4n) is 5.36. The first kappa shape index (κ1) is 26.2. The van der Waals surface area contributed by atoms with E-state index in [1.54, 1.807) is 6.20 Å². The van der Waals surface area contributed by atoms with Crippen LogP contribution in [0.4, 0.5) is 11.5 Å². The van der Waals surface area contributed by atoms with Crippen molar-refractivity contribution in [1.29, 1.82) is 0 Å². The van der Waals surface area contributed by atoms with Gasteiger partial charge in [0.25, 0.3) is 0 Å². The van der Waals surface area contributed by atoms with Crippen LogP contribution in [0.2, 0.25) is 0 Å². The molecular weight excluding hydrogens is 530 g/mol. The van der Waals surface area contributed by atoms with Gasteiger partial charge in [-0.2, -0.15) is 9.61 Å². The first-order valence-electron chi connectivity index (χ1n) is 13.4. The lowest BCUT2D eigenvalue weighted by atomic mass is 9.96. The highest BCUT2D eigenvalue weighted by atomic mass is 32.2. The summed E-state index contributed by atoms with van der Waals surface area (Å²) < 4.78 is 32.7. The second kappa shape index (κ2) is 10.9. The lowest BCUT2D eigenvalue weighted by molar-refractivity contribution is -0.123. The van der Waals surface area contributed by atoms with Gasteiger partial charge in [0.05, 0.1) is 42.6 Å². The van der Waals surface area contributed by atoms with E-state index in [1.165, 1.54) is 0 Å². The molecule has 1 N–H and O–H groups in total. The summed E-state index contributed by atoms with van der Waals surface area (Å²) in [5.41, 5.74) is 4.24. The Morgan fingerprint density at radius 3 is 2.52 bits per heavy atom. The number of piperidine rings is 1. The highest BCUT2D eigenvalue weighted by Crippen LogP contribution is 2.32. The van der Waals surface area contributed by atoms with E-state index >= 15 is 0 Å². The minimum Gasteiger partial charge on any atom is -0.378 e. The van der Waals surface area contributed by atoms with Gasteiger partial charge in [0.15, 0.2) is 11.5 Å².